The molecular weight excluding hydrogens is 464 g/mol. The van der Waals surface area contributed by atoms with Crippen LogP contribution in [0.1, 0.15) is 31.1 Å². The first kappa shape index (κ1) is 24.7. The number of hydrogen-bond acceptors (Lipinski definition) is 8. The second-order valence-corrected chi connectivity index (χ2v) is 10.1. The molecule has 0 amide bonds. The van der Waals surface area contributed by atoms with Crippen LogP contribution in [0.5, 0.6) is 0 Å². The van der Waals surface area contributed by atoms with E-state index in [1.807, 2.05) is 30.3 Å². The fourth-order valence-corrected chi connectivity index (χ4v) is 6.22. The maximum atomic E-state index is 6.78. The molecule has 1 aromatic carbocycles. The van der Waals surface area contributed by atoms with Gasteiger partial charge in [0, 0.05) is 18.6 Å². The smallest absolute Gasteiger partial charge is 0.184 e. The van der Waals surface area contributed by atoms with Crippen LogP contribution in [-0.4, -0.2) is 87.5 Å². The highest BCUT2D eigenvalue weighted by molar-refractivity contribution is 5.17. The van der Waals surface area contributed by atoms with Crippen molar-refractivity contribution in [3.8, 4) is 0 Å². The first-order valence-corrected chi connectivity index (χ1v) is 13.1. The molecule has 1 aromatic rings. The number of benzene rings is 1. The Bertz CT molecular complexity index is 895. The van der Waals surface area contributed by atoms with E-state index in [1.165, 1.54) is 0 Å². The van der Waals surface area contributed by atoms with Gasteiger partial charge in [-0.1, -0.05) is 42.5 Å². The second kappa shape index (κ2) is 11.0. The molecule has 5 saturated heterocycles. The molecule has 5 fully saturated rings. The molecule has 0 radical (unpaired) electrons. The standard InChI is InChI=1S/C28H36O8/c1-3-12-29-26-22-18(11-8-14-31-22)33-19-15-20-24(35-23(19)26)27(30-13-4-2)25-21(34-20)16-32-28(36-25)17-9-6-5-7-10-17/h3-7,9-10,18-28H,1-2,8,11-16H2/t18-,19+,20-,21+,22-,23+,24-,25+,26+,27+,28+/m0/s1. The van der Waals surface area contributed by atoms with Gasteiger partial charge in [0.2, 0.25) is 0 Å². The van der Waals surface area contributed by atoms with Gasteiger partial charge in [-0.05, 0) is 12.8 Å². The van der Waals surface area contributed by atoms with Crippen LogP contribution in [0.25, 0.3) is 0 Å². The zero-order chi connectivity index (χ0) is 24.5. The maximum absolute atomic E-state index is 6.78. The molecule has 0 N–H and O–H groups in total. The highest BCUT2D eigenvalue weighted by Crippen LogP contribution is 2.44. The van der Waals surface area contributed by atoms with Crippen LogP contribution in [0.3, 0.4) is 0 Å². The lowest BCUT2D eigenvalue weighted by Crippen LogP contribution is -2.71. The summed E-state index contributed by atoms with van der Waals surface area (Å²) in [4.78, 5) is 0. The minimum absolute atomic E-state index is 0.00732. The molecular formula is C28H36O8. The highest BCUT2D eigenvalue weighted by Gasteiger charge is 2.59. The topological polar surface area (TPSA) is 73.8 Å². The van der Waals surface area contributed by atoms with Gasteiger partial charge in [-0.15, -0.1) is 13.2 Å². The van der Waals surface area contributed by atoms with Crippen LogP contribution in [0.4, 0.5) is 0 Å². The summed E-state index contributed by atoms with van der Waals surface area (Å²) in [5.74, 6) is 0. The van der Waals surface area contributed by atoms with E-state index >= 15 is 0 Å². The van der Waals surface area contributed by atoms with E-state index in [0.29, 0.717) is 32.8 Å². The van der Waals surface area contributed by atoms with E-state index in [2.05, 4.69) is 13.2 Å². The first-order chi connectivity index (χ1) is 17.8. The van der Waals surface area contributed by atoms with Gasteiger partial charge in [-0.2, -0.15) is 0 Å². The van der Waals surface area contributed by atoms with Crippen molar-refractivity contribution < 1.29 is 37.9 Å². The monoisotopic (exact) mass is 500 g/mol. The van der Waals surface area contributed by atoms with Crippen LogP contribution in [-0.2, 0) is 37.9 Å². The van der Waals surface area contributed by atoms with E-state index in [9.17, 15) is 0 Å². The second-order valence-electron chi connectivity index (χ2n) is 10.1. The van der Waals surface area contributed by atoms with Crippen molar-refractivity contribution in [1.82, 2.24) is 0 Å². The third-order valence-electron chi connectivity index (χ3n) is 7.76. The van der Waals surface area contributed by atoms with Crippen LogP contribution in [0, 0.1) is 0 Å². The molecule has 0 bridgehead atoms. The molecule has 5 heterocycles. The molecule has 196 valence electrons. The number of fused-ring (bicyclic) bond motifs is 4. The third-order valence-corrected chi connectivity index (χ3v) is 7.76. The lowest BCUT2D eigenvalue weighted by molar-refractivity contribution is -0.372. The zero-order valence-corrected chi connectivity index (χ0v) is 20.5. The van der Waals surface area contributed by atoms with Crippen LogP contribution in [0.2, 0.25) is 0 Å². The fourth-order valence-electron chi connectivity index (χ4n) is 6.22. The summed E-state index contributed by atoms with van der Waals surface area (Å²) >= 11 is 0. The van der Waals surface area contributed by atoms with Crippen molar-refractivity contribution in [3.05, 3.63) is 61.2 Å². The van der Waals surface area contributed by atoms with E-state index in [4.69, 9.17) is 37.9 Å². The molecule has 8 nitrogen and oxygen atoms in total. The summed E-state index contributed by atoms with van der Waals surface area (Å²) in [6.07, 6.45) is 3.25. The lowest BCUT2D eigenvalue weighted by atomic mass is 9.82. The molecule has 5 aliphatic rings. The Morgan fingerprint density at radius 1 is 0.750 bits per heavy atom. The summed E-state index contributed by atoms with van der Waals surface area (Å²) in [7, 11) is 0. The van der Waals surface area contributed by atoms with Crippen LogP contribution in [0.15, 0.2) is 55.6 Å². The van der Waals surface area contributed by atoms with E-state index < -0.39 is 6.29 Å². The number of ether oxygens (including phenoxy) is 8. The average Bonchev–Trinajstić information content (AvgIpc) is 2.92. The molecule has 6 rings (SSSR count). The normalized spacial score (nSPS) is 43.8. The molecule has 11 atom stereocenters. The molecule has 36 heavy (non-hydrogen) atoms. The van der Waals surface area contributed by atoms with Gasteiger partial charge in [-0.25, -0.2) is 0 Å². The Labute approximate surface area is 212 Å². The van der Waals surface area contributed by atoms with Gasteiger partial charge in [0.05, 0.1) is 38.1 Å². The molecule has 5 aliphatic heterocycles. The minimum Gasteiger partial charge on any atom is -0.373 e. The van der Waals surface area contributed by atoms with Gasteiger partial charge in [-0.3, -0.25) is 0 Å². The minimum atomic E-state index is -0.489. The van der Waals surface area contributed by atoms with Gasteiger partial charge >= 0.3 is 0 Å². The van der Waals surface area contributed by atoms with E-state index in [1.54, 1.807) is 12.2 Å². The van der Waals surface area contributed by atoms with E-state index in [0.717, 1.165) is 18.4 Å². The molecule has 0 aliphatic carbocycles. The fraction of sp³-hybridized carbons (Fsp3) is 0.643. The molecule has 8 heteroatoms. The van der Waals surface area contributed by atoms with E-state index in [-0.39, 0.29) is 61.0 Å². The molecule has 0 spiro atoms. The van der Waals surface area contributed by atoms with Crippen molar-refractivity contribution >= 4 is 0 Å². The lowest BCUT2D eigenvalue weighted by Gasteiger charge is -2.56. The van der Waals surface area contributed by atoms with Crippen molar-refractivity contribution in [2.24, 2.45) is 0 Å². The maximum Gasteiger partial charge on any atom is 0.184 e. The predicted molar refractivity (Wildman–Crippen MR) is 129 cm³/mol. The Morgan fingerprint density at radius 2 is 1.42 bits per heavy atom. The van der Waals surface area contributed by atoms with Gasteiger partial charge in [0.25, 0.3) is 0 Å². The Hall–Kier alpha value is -1.62. The molecule has 0 saturated carbocycles. The number of rotatable bonds is 7. The average molecular weight is 501 g/mol. The van der Waals surface area contributed by atoms with Crippen LogP contribution < -0.4 is 0 Å². The summed E-state index contributed by atoms with van der Waals surface area (Å²) in [6.45, 7) is 9.60. The third kappa shape index (κ3) is 4.70. The number of hydrogen-bond donors (Lipinski definition) is 0. The Balaban J connectivity index is 1.25. The summed E-state index contributed by atoms with van der Waals surface area (Å²) < 4.78 is 51.1. The summed E-state index contributed by atoms with van der Waals surface area (Å²) in [5, 5.41) is 0. The molecule has 0 unspecified atom stereocenters. The Kier molecular flexibility index (Phi) is 7.55. The SMILES string of the molecule is C=CCO[C@@H]1[C@H]2O[C@H]3[C@H](OCC=C)[C@H]4OCCC[C@@H]4O[C@@H]3C[C@@H]2O[C@@H]2CO[C@@H](c3ccccc3)O[C@@H]12. The van der Waals surface area contributed by atoms with Gasteiger partial charge in [0.1, 0.15) is 42.7 Å². The Morgan fingerprint density at radius 3 is 2.14 bits per heavy atom. The van der Waals surface area contributed by atoms with Crippen molar-refractivity contribution in [3.63, 3.8) is 0 Å². The van der Waals surface area contributed by atoms with Gasteiger partial charge < -0.3 is 37.9 Å². The predicted octanol–water partition coefficient (Wildman–Crippen LogP) is 3.11. The first-order valence-electron chi connectivity index (χ1n) is 13.1. The van der Waals surface area contributed by atoms with Crippen molar-refractivity contribution in [1.29, 1.82) is 0 Å². The van der Waals surface area contributed by atoms with Gasteiger partial charge in [0.15, 0.2) is 6.29 Å². The quantitative estimate of drug-likeness (QED) is 0.529. The van der Waals surface area contributed by atoms with Crippen LogP contribution >= 0.6 is 0 Å². The summed E-state index contributed by atoms with van der Waals surface area (Å²) in [6, 6.07) is 9.93. The largest absolute Gasteiger partial charge is 0.373 e. The van der Waals surface area contributed by atoms with Crippen molar-refractivity contribution in [2.75, 3.05) is 26.4 Å². The molecule has 0 aromatic heterocycles. The highest BCUT2D eigenvalue weighted by atomic mass is 16.7. The summed E-state index contributed by atoms with van der Waals surface area (Å²) in [5.41, 5.74) is 0.962. The van der Waals surface area contributed by atoms with Crippen molar-refractivity contribution in [2.45, 2.75) is 86.6 Å². The zero-order valence-electron chi connectivity index (χ0n) is 20.5.